The van der Waals surface area contributed by atoms with Gasteiger partial charge in [-0.2, -0.15) is 0 Å². The van der Waals surface area contributed by atoms with Gasteiger partial charge >= 0.3 is 0 Å². The van der Waals surface area contributed by atoms with E-state index in [1.165, 1.54) is 23.1 Å². The molecule has 0 radical (unpaired) electrons. The summed E-state index contributed by atoms with van der Waals surface area (Å²) < 4.78 is 23.9. The van der Waals surface area contributed by atoms with Crippen molar-refractivity contribution in [1.29, 1.82) is 0 Å². The Morgan fingerprint density at radius 2 is 1.79 bits per heavy atom. The molecule has 2 saturated heterocycles. The van der Waals surface area contributed by atoms with Gasteiger partial charge in [-0.15, -0.1) is 0 Å². The van der Waals surface area contributed by atoms with Crippen LogP contribution in [0.5, 0.6) is 11.5 Å². The summed E-state index contributed by atoms with van der Waals surface area (Å²) in [5, 5.41) is 3.54. The highest BCUT2D eigenvalue weighted by Crippen LogP contribution is 2.34. The van der Waals surface area contributed by atoms with E-state index in [0.717, 1.165) is 95.7 Å². The SMILES string of the molecule is COCCCN1CCOc2ccc(COC3CNCCC3c3ccc(OCCN4CCC(c5ccccc5)C4)cc3)cc21. The van der Waals surface area contributed by atoms with Gasteiger partial charge in [-0.1, -0.05) is 48.5 Å². The van der Waals surface area contributed by atoms with E-state index in [-0.39, 0.29) is 6.10 Å². The Hall–Kier alpha value is -3.10. The molecule has 0 spiro atoms. The summed E-state index contributed by atoms with van der Waals surface area (Å²) in [6, 6.07) is 26.1. The third-order valence-electron chi connectivity index (χ3n) is 9.18. The van der Waals surface area contributed by atoms with Gasteiger partial charge < -0.3 is 29.2 Å². The van der Waals surface area contributed by atoms with E-state index < -0.39 is 0 Å². The zero-order valence-corrected chi connectivity index (χ0v) is 25.6. The first-order valence-electron chi connectivity index (χ1n) is 16.1. The van der Waals surface area contributed by atoms with Crippen molar-refractivity contribution < 1.29 is 18.9 Å². The maximum absolute atomic E-state index is 6.57. The highest BCUT2D eigenvalue weighted by atomic mass is 16.5. The summed E-state index contributed by atoms with van der Waals surface area (Å²) in [7, 11) is 1.76. The molecule has 2 fully saturated rings. The van der Waals surface area contributed by atoms with Crippen LogP contribution >= 0.6 is 0 Å². The van der Waals surface area contributed by atoms with Gasteiger partial charge in [0.1, 0.15) is 24.7 Å². The van der Waals surface area contributed by atoms with Crippen molar-refractivity contribution in [3.8, 4) is 11.5 Å². The molecule has 6 rings (SSSR count). The van der Waals surface area contributed by atoms with Gasteiger partial charge in [-0.05, 0) is 79.2 Å². The lowest BCUT2D eigenvalue weighted by atomic mass is 9.87. The number of fused-ring (bicyclic) bond motifs is 1. The molecule has 230 valence electrons. The van der Waals surface area contributed by atoms with Crippen LogP contribution in [0.1, 0.15) is 47.8 Å². The molecule has 1 N–H and O–H groups in total. The third-order valence-corrected chi connectivity index (χ3v) is 9.18. The molecule has 3 atom stereocenters. The van der Waals surface area contributed by atoms with Crippen LogP contribution in [0.25, 0.3) is 0 Å². The van der Waals surface area contributed by atoms with Gasteiger partial charge in [-0.3, -0.25) is 4.90 Å². The lowest BCUT2D eigenvalue weighted by Crippen LogP contribution is -2.41. The van der Waals surface area contributed by atoms with Crippen LogP contribution in [0, 0.1) is 0 Å². The number of rotatable bonds is 13. The van der Waals surface area contributed by atoms with Crippen LogP contribution in [0.4, 0.5) is 5.69 Å². The average Bonchev–Trinajstić information content (AvgIpc) is 3.54. The zero-order chi connectivity index (χ0) is 29.3. The first-order chi connectivity index (χ1) is 21.3. The van der Waals surface area contributed by atoms with Gasteiger partial charge in [0.05, 0.1) is 24.9 Å². The Kier molecular flexibility index (Phi) is 10.5. The van der Waals surface area contributed by atoms with Crippen molar-refractivity contribution in [3.63, 3.8) is 0 Å². The van der Waals surface area contributed by atoms with Gasteiger partial charge in [-0.25, -0.2) is 0 Å². The quantitative estimate of drug-likeness (QED) is 0.268. The van der Waals surface area contributed by atoms with Crippen LogP contribution < -0.4 is 19.7 Å². The van der Waals surface area contributed by atoms with E-state index in [1.807, 2.05) is 0 Å². The molecule has 3 aromatic carbocycles. The first-order valence-corrected chi connectivity index (χ1v) is 16.1. The lowest BCUT2D eigenvalue weighted by Gasteiger charge is -2.33. The Labute approximate surface area is 257 Å². The Morgan fingerprint density at radius 3 is 2.65 bits per heavy atom. The number of methoxy groups -OCH3 is 1. The van der Waals surface area contributed by atoms with E-state index in [4.69, 9.17) is 18.9 Å². The minimum Gasteiger partial charge on any atom is -0.492 e. The first kappa shape index (κ1) is 29.9. The fourth-order valence-electron chi connectivity index (χ4n) is 6.77. The molecular weight excluding hydrogens is 538 g/mol. The highest BCUT2D eigenvalue weighted by Gasteiger charge is 2.28. The van der Waals surface area contributed by atoms with Crippen molar-refractivity contribution in [3.05, 3.63) is 89.5 Å². The van der Waals surface area contributed by atoms with Crippen LogP contribution in [0.15, 0.2) is 72.8 Å². The van der Waals surface area contributed by atoms with Gasteiger partial charge in [0.15, 0.2) is 0 Å². The highest BCUT2D eigenvalue weighted by molar-refractivity contribution is 5.61. The summed E-state index contributed by atoms with van der Waals surface area (Å²) in [4.78, 5) is 4.93. The standard InChI is InChI=1S/C36H47N3O4/c1-40-21-5-17-39-20-23-42-35-13-8-28(24-34(35)39)27-43-36-25-37-16-14-33(36)30-9-11-32(12-10-30)41-22-19-38-18-15-31(26-38)29-6-3-2-4-7-29/h2-4,6-13,24,31,33,36-37H,5,14-23,25-27H2,1H3. The summed E-state index contributed by atoms with van der Waals surface area (Å²) in [5.41, 5.74) is 5.13. The number of nitrogens with zero attached hydrogens (tertiary/aromatic N) is 2. The largest absolute Gasteiger partial charge is 0.492 e. The van der Waals surface area contributed by atoms with E-state index >= 15 is 0 Å². The molecule has 43 heavy (non-hydrogen) atoms. The molecule has 3 aliphatic rings. The minimum atomic E-state index is 0.123. The number of nitrogens with one attached hydrogen (secondary N) is 1. The summed E-state index contributed by atoms with van der Waals surface area (Å²) in [5.74, 6) is 2.91. The Balaban J connectivity index is 0.992. The zero-order valence-electron chi connectivity index (χ0n) is 25.6. The second-order valence-electron chi connectivity index (χ2n) is 12.0. The monoisotopic (exact) mass is 585 g/mol. The van der Waals surface area contributed by atoms with Crippen LogP contribution in [0.3, 0.4) is 0 Å². The van der Waals surface area contributed by atoms with Crippen molar-refractivity contribution in [2.75, 3.05) is 77.6 Å². The number of piperidine rings is 1. The molecular formula is C36H47N3O4. The smallest absolute Gasteiger partial charge is 0.142 e. The van der Waals surface area contributed by atoms with Crippen molar-refractivity contribution in [2.45, 2.75) is 43.8 Å². The summed E-state index contributed by atoms with van der Waals surface area (Å²) >= 11 is 0. The second-order valence-corrected chi connectivity index (χ2v) is 12.0. The van der Waals surface area contributed by atoms with Crippen molar-refractivity contribution in [2.24, 2.45) is 0 Å². The molecule has 3 aromatic rings. The molecule has 0 aliphatic carbocycles. The van der Waals surface area contributed by atoms with E-state index in [9.17, 15) is 0 Å². The van der Waals surface area contributed by atoms with Crippen molar-refractivity contribution in [1.82, 2.24) is 10.2 Å². The topological polar surface area (TPSA) is 55.4 Å². The van der Waals surface area contributed by atoms with E-state index in [0.29, 0.717) is 18.4 Å². The second kappa shape index (κ2) is 15.1. The molecule has 3 unspecified atom stereocenters. The number of hydrogen-bond acceptors (Lipinski definition) is 7. The predicted molar refractivity (Wildman–Crippen MR) is 172 cm³/mol. The van der Waals surface area contributed by atoms with E-state index in [1.54, 1.807) is 7.11 Å². The maximum atomic E-state index is 6.57. The average molecular weight is 586 g/mol. The van der Waals surface area contributed by atoms with Crippen LogP contribution in [-0.2, 0) is 16.1 Å². The summed E-state index contributed by atoms with van der Waals surface area (Å²) in [6.45, 7) is 9.78. The maximum Gasteiger partial charge on any atom is 0.142 e. The molecule has 3 aliphatic heterocycles. The number of anilines is 1. The summed E-state index contributed by atoms with van der Waals surface area (Å²) in [6.07, 6.45) is 3.42. The van der Waals surface area contributed by atoms with Gasteiger partial charge in [0.2, 0.25) is 0 Å². The molecule has 0 saturated carbocycles. The van der Waals surface area contributed by atoms with Crippen LogP contribution in [-0.4, -0.2) is 83.7 Å². The van der Waals surface area contributed by atoms with Gasteiger partial charge in [0.25, 0.3) is 0 Å². The predicted octanol–water partition coefficient (Wildman–Crippen LogP) is 5.45. The minimum absolute atomic E-state index is 0.123. The molecule has 0 amide bonds. The molecule has 0 bridgehead atoms. The van der Waals surface area contributed by atoms with Crippen LogP contribution in [0.2, 0.25) is 0 Å². The fourth-order valence-corrected chi connectivity index (χ4v) is 6.77. The normalized spacial score (nSPS) is 22.3. The Bertz CT molecular complexity index is 1270. The fraction of sp³-hybridized carbons (Fsp3) is 0.500. The number of ether oxygens (including phenoxy) is 4. The molecule has 7 heteroatoms. The number of hydrogen-bond donors (Lipinski definition) is 1. The molecule has 0 aromatic heterocycles. The lowest BCUT2D eigenvalue weighted by molar-refractivity contribution is 0.0106. The molecule has 3 heterocycles. The van der Waals surface area contributed by atoms with Crippen molar-refractivity contribution >= 4 is 5.69 Å². The number of benzene rings is 3. The Morgan fingerprint density at radius 1 is 0.907 bits per heavy atom. The third kappa shape index (κ3) is 7.90. The van der Waals surface area contributed by atoms with Gasteiger partial charge in [0, 0.05) is 45.8 Å². The van der Waals surface area contributed by atoms with E-state index in [2.05, 4.69) is 87.9 Å². The number of likely N-dealkylation sites (tertiary alicyclic amines) is 1. The molecule has 7 nitrogen and oxygen atoms in total.